The maximum absolute atomic E-state index is 13.1. The van der Waals surface area contributed by atoms with E-state index in [2.05, 4.69) is 21.2 Å². The van der Waals surface area contributed by atoms with Crippen molar-refractivity contribution in [1.82, 2.24) is 5.32 Å². The van der Waals surface area contributed by atoms with Crippen molar-refractivity contribution >= 4 is 21.8 Å². The van der Waals surface area contributed by atoms with Crippen LogP contribution in [-0.2, 0) is 10.2 Å². The molecule has 1 amide bonds. The molecule has 15 heavy (non-hydrogen) atoms. The normalized spacial score (nSPS) is 25.4. The lowest BCUT2D eigenvalue weighted by atomic mass is 9.82. The molecule has 0 saturated carbocycles. The second-order valence-electron chi connectivity index (χ2n) is 4.14. The average molecular weight is 272 g/mol. The van der Waals surface area contributed by atoms with Gasteiger partial charge in [-0.3, -0.25) is 4.79 Å². The summed E-state index contributed by atoms with van der Waals surface area (Å²) in [6.07, 6.45) is 0.463. The molecule has 0 bridgehead atoms. The molecule has 1 unspecified atom stereocenters. The van der Waals surface area contributed by atoms with E-state index in [0.717, 1.165) is 5.56 Å². The molecule has 0 aromatic heterocycles. The molecule has 2 nitrogen and oxygen atoms in total. The van der Waals surface area contributed by atoms with Crippen molar-refractivity contribution in [3.63, 3.8) is 0 Å². The van der Waals surface area contributed by atoms with Crippen molar-refractivity contribution in [2.45, 2.75) is 18.8 Å². The van der Waals surface area contributed by atoms with Crippen LogP contribution in [0.15, 0.2) is 22.7 Å². The van der Waals surface area contributed by atoms with Gasteiger partial charge in [0.25, 0.3) is 0 Å². The molecule has 1 aliphatic heterocycles. The minimum Gasteiger partial charge on any atom is -0.355 e. The van der Waals surface area contributed by atoms with Gasteiger partial charge in [-0.05, 0) is 33.6 Å². The second kappa shape index (κ2) is 3.59. The van der Waals surface area contributed by atoms with Gasteiger partial charge in [-0.25, -0.2) is 4.39 Å². The second-order valence-corrected chi connectivity index (χ2v) is 5.00. The van der Waals surface area contributed by atoms with Gasteiger partial charge < -0.3 is 5.32 Å². The number of rotatable bonds is 1. The molecule has 1 heterocycles. The van der Waals surface area contributed by atoms with E-state index in [0.29, 0.717) is 17.4 Å². The van der Waals surface area contributed by atoms with Crippen molar-refractivity contribution in [2.24, 2.45) is 0 Å². The fraction of sp³-hybridized carbons (Fsp3) is 0.364. The molecule has 4 heteroatoms. The maximum atomic E-state index is 13.1. The van der Waals surface area contributed by atoms with Gasteiger partial charge in [-0.2, -0.15) is 0 Å². The van der Waals surface area contributed by atoms with Crippen LogP contribution in [0.2, 0.25) is 0 Å². The van der Waals surface area contributed by atoms with Gasteiger partial charge in [0, 0.05) is 18.4 Å². The number of hydrogen-bond acceptors (Lipinski definition) is 1. The number of carbonyl (C=O) groups excluding carboxylic acids is 1. The standard InChI is InChI=1S/C11H11BrFNO/c1-11(5-10(15)14-6-11)7-2-3-9(13)8(12)4-7/h2-4H,5-6H2,1H3,(H,14,15). The molecule has 2 rings (SSSR count). The van der Waals surface area contributed by atoms with Crippen molar-refractivity contribution < 1.29 is 9.18 Å². The summed E-state index contributed by atoms with van der Waals surface area (Å²) in [7, 11) is 0. The zero-order valence-electron chi connectivity index (χ0n) is 8.31. The maximum Gasteiger partial charge on any atom is 0.220 e. The van der Waals surface area contributed by atoms with Gasteiger partial charge in [0.15, 0.2) is 0 Å². The Bertz CT molecular complexity index is 421. The quantitative estimate of drug-likeness (QED) is 0.835. The summed E-state index contributed by atoms with van der Waals surface area (Å²) < 4.78 is 13.5. The van der Waals surface area contributed by atoms with Crippen LogP contribution in [0.4, 0.5) is 4.39 Å². The Morgan fingerprint density at radius 3 is 2.80 bits per heavy atom. The third-order valence-corrected chi connectivity index (χ3v) is 3.45. The van der Waals surface area contributed by atoms with Crippen LogP contribution in [0, 0.1) is 5.82 Å². The molecule has 80 valence electrons. The largest absolute Gasteiger partial charge is 0.355 e. The molecule has 1 aromatic rings. The first-order valence-electron chi connectivity index (χ1n) is 4.73. The Morgan fingerprint density at radius 1 is 1.53 bits per heavy atom. The number of halogens is 2. The zero-order valence-corrected chi connectivity index (χ0v) is 9.90. The third kappa shape index (κ3) is 1.91. The highest BCUT2D eigenvalue weighted by Crippen LogP contribution is 2.32. The summed E-state index contributed by atoms with van der Waals surface area (Å²) >= 11 is 3.15. The zero-order chi connectivity index (χ0) is 11.1. The van der Waals surface area contributed by atoms with Gasteiger partial charge in [0.1, 0.15) is 5.82 Å². The highest BCUT2D eigenvalue weighted by Gasteiger charge is 2.35. The summed E-state index contributed by atoms with van der Waals surface area (Å²) in [4.78, 5) is 11.2. The lowest BCUT2D eigenvalue weighted by Gasteiger charge is -2.22. The first-order chi connectivity index (χ1) is 7.01. The SMILES string of the molecule is CC1(c2ccc(F)c(Br)c2)CNC(=O)C1. The van der Waals surface area contributed by atoms with Crippen molar-refractivity contribution in [1.29, 1.82) is 0 Å². The number of hydrogen-bond donors (Lipinski definition) is 1. The monoisotopic (exact) mass is 271 g/mol. The Kier molecular flexibility index (Phi) is 2.54. The molecule has 0 radical (unpaired) electrons. The van der Waals surface area contributed by atoms with Crippen LogP contribution in [0.1, 0.15) is 18.9 Å². The van der Waals surface area contributed by atoms with Crippen molar-refractivity contribution in [3.8, 4) is 0 Å². The lowest BCUT2D eigenvalue weighted by Crippen LogP contribution is -2.24. The topological polar surface area (TPSA) is 29.1 Å². The summed E-state index contributed by atoms with van der Waals surface area (Å²) in [6, 6.07) is 4.91. The first kappa shape index (κ1) is 10.6. The van der Waals surface area contributed by atoms with Gasteiger partial charge in [0.05, 0.1) is 4.47 Å². The van der Waals surface area contributed by atoms with E-state index >= 15 is 0 Å². The lowest BCUT2D eigenvalue weighted by molar-refractivity contribution is -0.119. The number of benzene rings is 1. The van der Waals surface area contributed by atoms with E-state index in [1.165, 1.54) is 6.07 Å². The molecular formula is C11H11BrFNO. The first-order valence-corrected chi connectivity index (χ1v) is 5.53. The van der Waals surface area contributed by atoms with Crippen molar-refractivity contribution in [2.75, 3.05) is 6.54 Å². The van der Waals surface area contributed by atoms with E-state index in [-0.39, 0.29) is 17.1 Å². The Balaban J connectivity index is 2.37. The van der Waals surface area contributed by atoms with Crippen LogP contribution < -0.4 is 5.32 Å². The minimum absolute atomic E-state index is 0.0537. The van der Waals surface area contributed by atoms with Gasteiger partial charge in [-0.15, -0.1) is 0 Å². The summed E-state index contributed by atoms with van der Waals surface area (Å²) in [6.45, 7) is 2.62. The van der Waals surface area contributed by atoms with Crippen LogP contribution in [0.25, 0.3) is 0 Å². The van der Waals surface area contributed by atoms with Gasteiger partial charge in [-0.1, -0.05) is 13.0 Å². The predicted octanol–water partition coefficient (Wildman–Crippen LogP) is 2.37. The molecule has 1 fully saturated rings. The third-order valence-electron chi connectivity index (χ3n) is 2.84. The Hall–Kier alpha value is -0.900. The highest BCUT2D eigenvalue weighted by molar-refractivity contribution is 9.10. The molecule has 0 aliphatic carbocycles. The molecule has 1 atom stereocenters. The summed E-state index contributed by atoms with van der Waals surface area (Å²) in [5.41, 5.74) is 0.766. The highest BCUT2D eigenvalue weighted by atomic mass is 79.9. The van der Waals surface area contributed by atoms with Gasteiger partial charge >= 0.3 is 0 Å². The minimum atomic E-state index is -0.278. The van der Waals surface area contributed by atoms with E-state index in [1.807, 2.05) is 6.92 Å². The van der Waals surface area contributed by atoms with E-state index in [1.54, 1.807) is 12.1 Å². The van der Waals surface area contributed by atoms with Crippen LogP contribution >= 0.6 is 15.9 Å². The predicted molar refractivity (Wildman–Crippen MR) is 59.1 cm³/mol. The smallest absolute Gasteiger partial charge is 0.220 e. The number of nitrogens with one attached hydrogen (secondary N) is 1. The van der Waals surface area contributed by atoms with Gasteiger partial charge in [0.2, 0.25) is 5.91 Å². The van der Waals surface area contributed by atoms with Crippen LogP contribution in [0.5, 0.6) is 0 Å². The molecule has 1 N–H and O–H groups in total. The molecule has 1 saturated heterocycles. The Labute approximate surface area is 96.0 Å². The fourth-order valence-electron chi connectivity index (χ4n) is 1.85. The average Bonchev–Trinajstić information content (AvgIpc) is 2.52. The molecule has 1 aromatic carbocycles. The van der Waals surface area contributed by atoms with Crippen LogP contribution in [0.3, 0.4) is 0 Å². The summed E-state index contributed by atoms with van der Waals surface area (Å²) in [5, 5.41) is 2.79. The molecular weight excluding hydrogens is 261 g/mol. The van der Waals surface area contributed by atoms with Crippen LogP contribution in [-0.4, -0.2) is 12.5 Å². The number of carbonyl (C=O) groups is 1. The van der Waals surface area contributed by atoms with E-state index in [4.69, 9.17) is 0 Å². The van der Waals surface area contributed by atoms with Crippen molar-refractivity contribution in [3.05, 3.63) is 34.1 Å². The fourth-order valence-corrected chi connectivity index (χ4v) is 2.23. The molecule has 1 aliphatic rings. The Morgan fingerprint density at radius 2 is 2.27 bits per heavy atom. The molecule has 0 spiro atoms. The summed E-state index contributed by atoms with van der Waals surface area (Å²) in [5.74, 6) is -0.224. The van der Waals surface area contributed by atoms with E-state index < -0.39 is 0 Å². The number of amides is 1. The van der Waals surface area contributed by atoms with E-state index in [9.17, 15) is 9.18 Å².